The summed E-state index contributed by atoms with van der Waals surface area (Å²) in [6.45, 7) is 2.63. The van der Waals surface area contributed by atoms with Crippen molar-refractivity contribution in [3.05, 3.63) is 23.8 Å². The van der Waals surface area contributed by atoms with Crippen LogP contribution in [0.4, 0.5) is 0 Å². The average molecular weight is 491 g/mol. The zero-order valence-corrected chi connectivity index (χ0v) is 18.8. The summed E-state index contributed by atoms with van der Waals surface area (Å²) in [6, 6.07) is 5.31. The number of nitrogens with zero attached hydrogens (tertiary/aromatic N) is 2. The van der Waals surface area contributed by atoms with Crippen molar-refractivity contribution < 1.29 is 9.84 Å². The Hall–Kier alpha value is -0.830. The summed E-state index contributed by atoms with van der Waals surface area (Å²) in [5, 5.41) is 13.5. The second kappa shape index (κ2) is 9.92. The van der Waals surface area contributed by atoms with Crippen molar-refractivity contribution in [2.75, 3.05) is 33.0 Å². The van der Waals surface area contributed by atoms with E-state index in [-0.39, 0.29) is 29.7 Å². The highest BCUT2D eigenvalue weighted by molar-refractivity contribution is 14.0. The minimum atomic E-state index is 0. The van der Waals surface area contributed by atoms with Crippen LogP contribution in [0.1, 0.15) is 37.7 Å². The topological polar surface area (TPSA) is 57.1 Å². The van der Waals surface area contributed by atoms with Crippen molar-refractivity contribution in [3.63, 3.8) is 0 Å². The van der Waals surface area contributed by atoms with Gasteiger partial charge in [0.1, 0.15) is 11.5 Å². The van der Waals surface area contributed by atoms with Gasteiger partial charge in [-0.05, 0) is 31.0 Å². The van der Waals surface area contributed by atoms with Gasteiger partial charge in [0, 0.05) is 42.7 Å². The lowest BCUT2D eigenvalue weighted by atomic mass is 9.87. The number of methoxy groups -OCH3 is 1. The molecule has 0 amide bonds. The summed E-state index contributed by atoms with van der Waals surface area (Å²) < 4.78 is 5.66. The van der Waals surface area contributed by atoms with Gasteiger partial charge in [-0.1, -0.05) is 19.3 Å². The first-order chi connectivity index (χ1) is 12.2. The third-order valence-electron chi connectivity index (χ3n) is 5.25. The van der Waals surface area contributed by atoms with E-state index in [4.69, 9.17) is 4.74 Å². The van der Waals surface area contributed by atoms with Gasteiger partial charge in [0.05, 0.1) is 7.11 Å². The highest BCUT2D eigenvalue weighted by atomic mass is 127. The minimum absolute atomic E-state index is 0. The van der Waals surface area contributed by atoms with Gasteiger partial charge in [-0.15, -0.1) is 24.0 Å². The Morgan fingerprint density at radius 2 is 2.12 bits per heavy atom. The Balaban J connectivity index is 0.00000243. The summed E-state index contributed by atoms with van der Waals surface area (Å²) in [6.07, 6.45) is 6.73. The van der Waals surface area contributed by atoms with E-state index in [1.54, 1.807) is 19.2 Å². The standard InChI is InChI=1S/C19H29N3O2S.HI/c1-20-18(21-13-15-12-16(24-2)6-7-17(15)23)22-10-11-25-19(14-22)8-4-3-5-9-19;/h6-7,12,23H,3-5,8-11,13-14H2,1-2H3,(H,20,21);1H. The van der Waals surface area contributed by atoms with E-state index in [9.17, 15) is 5.11 Å². The molecule has 2 aliphatic rings. The molecule has 1 saturated heterocycles. The molecule has 0 radical (unpaired) electrons. The number of benzene rings is 1. The SMILES string of the molecule is CN=C(NCc1cc(OC)ccc1O)N1CCSC2(CCCCC2)C1.I. The maximum Gasteiger partial charge on any atom is 0.193 e. The first kappa shape index (κ1) is 21.5. The first-order valence-electron chi connectivity index (χ1n) is 9.11. The van der Waals surface area contributed by atoms with Gasteiger partial charge < -0.3 is 20.1 Å². The summed E-state index contributed by atoms with van der Waals surface area (Å²) in [5.74, 6) is 3.11. The number of ether oxygens (including phenoxy) is 1. The van der Waals surface area contributed by atoms with Crippen LogP contribution in [0.15, 0.2) is 23.2 Å². The molecule has 5 nitrogen and oxygen atoms in total. The molecule has 2 fully saturated rings. The van der Waals surface area contributed by atoms with Crippen LogP contribution in [-0.2, 0) is 6.54 Å². The Labute approximate surface area is 178 Å². The largest absolute Gasteiger partial charge is 0.508 e. The predicted octanol–water partition coefficient (Wildman–Crippen LogP) is 3.85. The molecule has 1 saturated carbocycles. The fourth-order valence-corrected chi connectivity index (χ4v) is 5.43. The number of hydrogen-bond acceptors (Lipinski definition) is 4. The number of halogens is 1. The maximum absolute atomic E-state index is 10.1. The third kappa shape index (κ3) is 5.12. The van der Waals surface area contributed by atoms with Crippen molar-refractivity contribution in [3.8, 4) is 11.5 Å². The van der Waals surface area contributed by atoms with Crippen molar-refractivity contribution in [1.29, 1.82) is 0 Å². The summed E-state index contributed by atoms with van der Waals surface area (Å²) in [5.41, 5.74) is 0.819. The summed E-state index contributed by atoms with van der Waals surface area (Å²) >= 11 is 2.16. The van der Waals surface area contributed by atoms with Crippen molar-refractivity contribution >= 4 is 41.7 Å². The van der Waals surface area contributed by atoms with E-state index in [2.05, 4.69) is 27.0 Å². The molecular weight excluding hydrogens is 461 g/mol. The van der Waals surface area contributed by atoms with E-state index in [1.807, 2.05) is 13.1 Å². The van der Waals surface area contributed by atoms with Crippen LogP contribution >= 0.6 is 35.7 Å². The zero-order chi connectivity index (χ0) is 17.7. The fourth-order valence-electron chi connectivity index (χ4n) is 3.86. The maximum atomic E-state index is 10.1. The molecule has 3 rings (SSSR count). The van der Waals surface area contributed by atoms with Crippen molar-refractivity contribution in [1.82, 2.24) is 10.2 Å². The molecule has 0 atom stereocenters. The number of thioether (sulfide) groups is 1. The molecule has 1 spiro atoms. The van der Waals surface area contributed by atoms with Gasteiger partial charge in [-0.3, -0.25) is 4.99 Å². The van der Waals surface area contributed by atoms with E-state index < -0.39 is 0 Å². The first-order valence-corrected chi connectivity index (χ1v) is 10.1. The van der Waals surface area contributed by atoms with Crippen LogP contribution < -0.4 is 10.1 Å². The molecule has 1 aromatic carbocycles. The molecule has 1 aliphatic carbocycles. The van der Waals surface area contributed by atoms with Gasteiger partial charge in [0.15, 0.2) is 5.96 Å². The molecule has 26 heavy (non-hydrogen) atoms. The van der Waals surface area contributed by atoms with Crippen LogP contribution in [-0.4, -0.2) is 53.7 Å². The van der Waals surface area contributed by atoms with E-state index in [1.165, 1.54) is 32.1 Å². The fraction of sp³-hybridized carbons (Fsp3) is 0.632. The number of aliphatic imine (C=N–C) groups is 1. The number of guanidine groups is 1. The van der Waals surface area contributed by atoms with Crippen LogP contribution in [0.5, 0.6) is 11.5 Å². The quantitative estimate of drug-likeness (QED) is 0.382. The zero-order valence-electron chi connectivity index (χ0n) is 15.7. The van der Waals surface area contributed by atoms with Gasteiger partial charge in [-0.2, -0.15) is 11.8 Å². The number of phenols is 1. The molecule has 7 heteroatoms. The molecule has 0 unspecified atom stereocenters. The average Bonchev–Trinajstić information content (AvgIpc) is 2.64. The van der Waals surface area contributed by atoms with Gasteiger partial charge in [0.2, 0.25) is 0 Å². The van der Waals surface area contributed by atoms with E-state index >= 15 is 0 Å². The Morgan fingerprint density at radius 1 is 1.35 bits per heavy atom. The van der Waals surface area contributed by atoms with Gasteiger partial charge in [0.25, 0.3) is 0 Å². The molecule has 0 bridgehead atoms. The number of nitrogens with one attached hydrogen (secondary N) is 1. The lowest BCUT2D eigenvalue weighted by Crippen LogP contribution is -2.53. The normalized spacial score (nSPS) is 19.8. The number of rotatable bonds is 3. The molecule has 1 heterocycles. The highest BCUT2D eigenvalue weighted by Crippen LogP contribution is 2.42. The summed E-state index contributed by atoms with van der Waals surface area (Å²) in [4.78, 5) is 6.87. The second-order valence-corrected chi connectivity index (χ2v) is 8.47. The molecule has 2 N–H and O–H groups in total. The highest BCUT2D eigenvalue weighted by Gasteiger charge is 2.38. The number of phenolic OH excluding ortho intramolecular Hbond substituents is 1. The van der Waals surface area contributed by atoms with Crippen molar-refractivity contribution in [2.24, 2.45) is 4.99 Å². The lowest BCUT2D eigenvalue weighted by molar-refractivity contribution is 0.293. The Morgan fingerprint density at radius 3 is 2.81 bits per heavy atom. The van der Waals surface area contributed by atoms with Crippen LogP contribution in [0.3, 0.4) is 0 Å². The molecule has 1 aromatic rings. The van der Waals surface area contributed by atoms with Crippen LogP contribution in [0.2, 0.25) is 0 Å². The summed E-state index contributed by atoms with van der Waals surface area (Å²) in [7, 11) is 3.47. The second-order valence-electron chi connectivity index (χ2n) is 6.91. The van der Waals surface area contributed by atoms with Gasteiger partial charge in [-0.25, -0.2) is 0 Å². The molecule has 0 aromatic heterocycles. The third-order valence-corrected chi connectivity index (χ3v) is 6.78. The van der Waals surface area contributed by atoms with Crippen molar-refractivity contribution in [2.45, 2.75) is 43.4 Å². The molecular formula is C19H30IN3O2S. The minimum Gasteiger partial charge on any atom is -0.508 e. The number of aromatic hydroxyl groups is 1. The smallest absolute Gasteiger partial charge is 0.193 e. The van der Waals surface area contributed by atoms with Crippen LogP contribution in [0, 0.1) is 0 Å². The number of hydrogen-bond donors (Lipinski definition) is 2. The molecule has 146 valence electrons. The monoisotopic (exact) mass is 491 g/mol. The van der Waals surface area contributed by atoms with E-state index in [0.29, 0.717) is 11.3 Å². The van der Waals surface area contributed by atoms with Gasteiger partial charge >= 0.3 is 0 Å². The molecule has 1 aliphatic heterocycles. The Bertz CT molecular complexity index is 615. The van der Waals surface area contributed by atoms with E-state index in [0.717, 1.165) is 36.1 Å². The lowest BCUT2D eigenvalue weighted by Gasteiger charge is -2.45. The predicted molar refractivity (Wildman–Crippen MR) is 120 cm³/mol. The van der Waals surface area contributed by atoms with Crippen LogP contribution in [0.25, 0.3) is 0 Å². The Kier molecular flexibility index (Phi) is 8.19.